The maximum atomic E-state index is 6.21. The third-order valence-electron chi connectivity index (χ3n) is 3.84. The first-order valence-corrected chi connectivity index (χ1v) is 8.69. The Bertz CT molecular complexity index is 666. The van der Waals surface area contributed by atoms with Gasteiger partial charge in [-0.25, -0.2) is 0 Å². The lowest BCUT2D eigenvalue weighted by Gasteiger charge is -2.19. The Kier molecular flexibility index (Phi) is 5.24. The number of hydrogen-bond acceptors (Lipinski definition) is 3. The molecule has 1 fully saturated rings. The van der Waals surface area contributed by atoms with Crippen LogP contribution in [0.4, 0.5) is 5.69 Å². The van der Waals surface area contributed by atoms with Crippen molar-refractivity contribution >= 4 is 44.8 Å². The average Bonchev–Trinajstić information content (AvgIpc) is 2.95. The first-order chi connectivity index (χ1) is 10.6. The highest BCUT2D eigenvalue weighted by Gasteiger charge is 2.22. The number of benzene rings is 1. The van der Waals surface area contributed by atoms with Gasteiger partial charge in [0.1, 0.15) is 0 Å². The standard InChI is InChI=1S/C16H16BrCl2N3/c17-12-5-15(9-20-8-12)22-4-3-14(10-22)21-7-11-1-2-13(18)6-16(11)19/h1-2,5-6,8-9,14,21H,3-4,7,10H2. The molecule has 116 valence electrons. The minimum Gasteiger partial charge on any atom is -0.369 e. The van der Waals surface area contributed by atoms with E-state index in [1.807, 2.05) is 18.3 Å². The van der Waals surface area contributed by atoms with Crippen LogP contribution in [0.2, 0.25) is 10.0 Å². The van der Waals surface area contributed by atoms with E-state index in [1.54, 1.807) is 12.3 Å². The highest BCUT2D eigenvalue weighted by Crippen LogP contribution is 2.24. The zero-order valence-electron chi connectivity index (χ0n) is 11.9. The highest BCUT2D eigenvalue weighted by molar-refractivity contribution is 9.10. The van der Waals surface area contributed by atoms with Crippen molar-refractivity contribution < 1.29 is 0 Å². The molecule has 0 bridgehead atoms. The van der Waals surface area contributed by atoms with E-state index in [0.29, 0.717) is 16.1 Å². The van der Waals surface area contributed by atoms with Crippen molar-refractivity contribution in [3.63, 3.8) is 0 Å². The van der Waals surface area contributed by atoms with Crippen molar-refractivity contribution in [2.75, 3.05) is 18.0 Å². The lowest BCUT2D eigenvalue weighted by Crippen LogP contribution is -2.32. The van der Waals surface area contributed by atoms with E-state index in [1.165, 1.54) is 0 Å². The molecule has 1 aromatic heterocycles. The van der Waals surface area contributed by atoms with E-state index in [-0.39, 0.29) is 0 Å². The summed E-state index contributed by atoms with van der Waals surface area (Å²) in [7, 11) is 0. The Balaban J connectivity index is 1.57. The fraction of sp³-hybridized carbons (Fsp3) is 0.312. The largest absolute Gasteiger partial charge is 0.369 e. The number of pyridine rings is 1. The molecule has 0 amide bonds. The van der Waals surface area contributed by atoms with E-state index in [4.69, 9.17) is 23.2 Å². The monoisotopic (exact) mass is 399 g/mol. The molecule has 3 nitrogen and oxygen atoms in total. The third kappa shape index (κ3) is 3.93. The number of halogens is 3. The first-order valence-electron chi connectivity index (χ1n) is 7.14. The summed E-state index contributed by atoms with van der Waals surface area (Å²) in [5.41, 5.74) is 2.23. The van der Waals surface area contributed by atoms with Crippen LogP contribution in [0.5, 0.6) is 0 Å². The summed E-state index contributed by atoms with van der Waals surface area (Å²) in [6.45, 7) is 2.76. The van der Waals surface area contributed by atoms with E-state index in [0.717, 1.165) is 41.8 Å². The molecule has 1 atom stereocenters. The summed E-state index contributed by atoms with van der Waals surface area (Å²) in [6, 6.07) is 8.19. The Morgan fingerprint density at radius 3 is 2.91 bits per heavy atom. The molecule has 2 heterocycles. The van der Waals surface area contributed by atoms with E-state index >= 15 is 0 Å². The van der Waals surface area contributed by atoms with Crippen LogP contribution in [0.25, 0.3) is 0 Å². The molecule has 22 heavy (non-hydrogen) atoms. The third-order valence-corrected chi connectivity index (χ3v) is 4.86. The van der Waals surface area contributed by atoms with Gasteiger partial charge in [-0.05, 0) is 46.1 Å². The minimum absolute atomic E-state index is 0.450. The molecule has 1 aliphatic heterocycles. The van der Waals surface area contributed by atoms with Crippen LogP contribution in [0.3, 0.4) is 0 Å². The first kappa shape index (κ1) is 16.1. The molecule has 3 rings (SSSR count). The van der Waals surface area contributed by atoms with E-state index < -0.39 is 0 Å². The molecule has 1 unspecified atom stereocenters. The fourth-order valence-electron chi connectivity index (χ4n) is 2.65. The predicted octanol–water partition coefficient (Wildman–Crippen LogP) is 4.52. The van der Waals surface area contributed by atoms with Gasteiger partial charge in [-0.3, -0.25) is 4.98 Å². The van der Waals surface area contributed by atoms with Crippen molar-refractivity contribution in [1.29, 1.82) is 0 Å². The van der Waals surface area contributed by atoms with Crippen LogP contribution in [-0.4, -0.2) is 24.1 Å². The van der Waals surface area contributed by atoms with Gasteiger partial charge >= 0.3 is 0 Å². The van der Waals surface area contributed by atoms with Crippen molar-refractivity contribution in [3.8, 4) is 0 Å². The predicted molar refractivity (Wildman–Crippen MR) is 95.9 cm³/mol. The van der Waals surface area contributed by atoms with Gasteiger partial charge in [-0.1, -0.05) is 29.3 Å². The molecule has 0 spiro atoms. The molecule has 1 saturated heterocycles. The number of nitrogens with zero attached hydrogens (tertiary/aromatic N) is 2. The van der Waals surface area contributed by atoms with Crippen LogP contribution >= 0.6 is 39.1 Å². The molecule has 6 heteroatoms. The minimum atomic E-state index is 0.450. The molecule has 0 radical (unpaired) electrons. The topological polar surface area (TPSA) is 28.2 Å². The lowest BCUT2D eigenvalue weighted by atomic mass is 10.2. The second-order valence-corrected chi connectivity index (χ2v) is 7.17. The van der Waals surface area contributed by atoms with Crippen LogP contribution in [0.1, 0.15) is 12.0 Å². The van der Waals surface area contributed by atoms with Gasteiger partial charge in [0, 0.05) is 46.4 Å². The molecule has 2 aromatic rings. The number of rotatable bonds is 4. The summed E-state index contributed by atoms with van der Waals surface area (Å²) >= 11 is 15.6. The van der Waals surface area contributed by atoms with Gasteiger partial charge in [-0.2, -0.15) is 0 Å². The van der Waals surface area contributed by atoms with Crippen molar-refractivity contribution in [1.82, 2.24) is 10.3 Å². The van der Waals surface area contributed by atoms with Crippen molar-refractivity contribution in [2.24, 2.45) is 0 Å². The van der Waals surface area contributed by atoms with Crippen molar-refractivity contribution in [3.05, 3.63) is 56.7 Å². The summed E-state index contributed by atoms with van der Waals surface area (Å²) in [6.07, 6.45) is 4.82. The number of aromatic nitrogens is 1. The van der Waals surface area contributed by atoms with Crippen LogP contribution in [-0.2, 0) is 6.54 Å². The maximum absolute atomic E-state index is 6.21. The second-order valence-electron chi connectivity index (χ2n) is 5.41. The zero-order chi connectivity index (χ0) is 15.5. The van der Waals surface area contributed by atoms with E-state index in [9.17, 15) is 0 Å². The Morgan fingerprint density at radius 2 is 2.14 bits per heavy atom. The van der Waals surface area contributed by atoms with Crippen LogP contribution in [0.15, 0.2) is 41.1 Å². The van der Waals surface area contributed by atoms with Crippen LogP contribution < -0.4 is 10.2 Å². The molecule has 1 N–H and O–H groups in total. The smallest absolute Gasteiger partial charge is 0.0564 e. The molecule has 0 saturated carbocycles. The van der Waals surface area contributed by atoms with Gasteiger partial charge in [0.2, 0.25) is 0 Å². The van der Waals surface area contributed by atoms with Gasteiger partial charge < -0.3 is 10.2 Å². The number of hydrogen-bond donors (Lipinski definition) is 1. The normalized spacial score (nSPS) is 18.0. The fourth-order valence-corrected chi connectivity index (χ4v) is 3.48. The Labute approximate surface area is 148 Å². The van der Waals surface area contributed by atoms with Gasteiger partial charge in [0.05, 0.1) is 11.9 Å². The lowest BCUT2D eigenvalue weighted by molar-refractivity contribution is 0.551. The van der Waals surface area contributed by atoms with Gasteiger partial charge in [-0.15, -0.1) is 0 Å². The molecular formula is C16H16BrCl2N3. The van der Waals surface area contributed by atoms with Crippen molar-refractivity contribution in [2.45, 2.75) is 19.0 Å². The summed E-state index contributed by atoms with van der Waals surface area (Å²) in [5.74, 6) is 0. The second kappa shape index (κ2) is 7.18. The Morgan fingerprint density at radius 1 is 1.27 bits per heavy atom. The molecule has 1 aromatic carbocycles. The zero-order valence-corrected chi connectivity index (χ0v) is 15.0. The van der Waals surface area contributed by atoms with Gasteiger partial charge in [0.25, 0.3) is 0 Å². The molecular weight excluding hydrogens is 385 g/mol. The average molecular weight is 401 g/mol. The summed E-state index contributed by atoms with van der Waals surface area (Å²) < 4.78 is 1.01. The maximum Gasteiger partial charge on any atom is 0.0564 e. The Hall–Kier alpha value is -0.810. The molecule has 1 aliphatic rings. The van der Waals surface area contributed by atoms with E-state index in [2.05, 4.69) is 37.2 Å². The van der Waals surface area contributed by atoms with Gasteiger partial charge in [0.15, 0.2) is 0 Å². The quantitative estimate of drug-likeness (QED) is 0.817. The number of anilines is 1. The van der Waals surface area contributed by atoms with Crippen LogP contribution in [0, 0.1) is 0 Å². The highest BCUT2D eigenvalue weighted by atomic mass is 79.9. The SMILES string of the molecule is Clc1ccc(CNC2CCN(c3cncc(Br)c3)C2)c(Cl)c1. The summed E-state index contributed by atoms with van der Waals surface area (Å²) in [5, 5.41) is 4.95. The molecule has 0 aliphatic carbocycles. The summed E-state index contributed by atoms with van der Waals surface area (Å²) in [4.78, 5) is 6.57. The number of nitrogens with one attached hydrogen (secondary N) is 1.